The van der Waals surface area contributed by atoms with Crippen molar-refractivity contribution in [2.45, 2.75) is 70.6 Å². The van der Waals surface area contributed by atoms with Crippen molar-refractivity contribution >= 4 is 11.9 Å². The molecule has 1 aliphatic rings. The van der Waals surface area contributed by atoms with Crippen LogP contribution in [0.4, 0.5) is 0 Å². The summed E-state index contributed by atoms with van der Waals surface area (Å²) in [5.41, 5.74) is -0.109. The number of esters is 1. The first-order chi connectivity index (χ1) is 8.54. The second-order valence-electron chi connectivity index (χ2n) is 6.58. The fourth-order valence-corrected chi connectivity index (χ4v) is 2.81. The molecule has 0 unspecified atom stereocenters. The molecular formula is C14H24NO4-. The zero-order valence-corrected chi connectivity index (χ0v) is 12.5. The Morgan fingerprint density at radius 1 is 1.16 bits per heavy atom. The molecule has 5 heteroatoms. The second kappa shape index (κ2) is 5.49. The highest BCUT2D eigenvalue weighted by atomic mass is 16.5. The van der Waals surface area contributed by atoms with Crippen molar-refractivity contribution < 1.29 is 19.4 Å². The maximum absolute atomic E-state index is 11.6. The number of rotatable bonds is 4. The number of nitrogens with zero attached hydrogens (tertiary/aromatic N) is 1. The minimum Gasteiger partial charge on any atom is -0.550 e. The van der Waals surface area contributed by atoms with E-state index in [0.717, 1.165) is 12.8 Å². The standard InChI is InChI=1S/C14H25NO4/c1-13(2)8-10(9-14(3,4)15(13)5)19-12(18)7-6-11(16)17/h10H,6-9H2,1-5H3,(H,16,17)/p-1. The SMILES string of the molecule is CN1C(C)(C)CC(OC(=O)CCC(=O)[O-])CC1(C)C. The monoisotopic (exact) mass is 270 g/mol. The van der Waals surface area contributed by atoms with Crippen LogP contribution in [0, 0.1) is 0 Å². The number of piperidine rings is 1. The summed E-state index contributed by atoms with van der Waals surface area (Å²) in [6.45, 7) is 8.48. The lowest BCUT2D eigenvalue weighted by Gasteiger charge is -2.53. The van der Waals surface area contributed by atoms with Gasteiger partial charge in [0.05, 0.1) is 6.42 Å². The number of aliphatic carboxylic acids is 1. The van der Waals surface area contributed by atoms with Crippen LogP contribution in [-0.2, 0) is 14.3 Å². The molecule has 0 aromatic rings. The van der Waals surface area contributed by atoms with Gasteiger partial charge in [-0.1, -0.05) is 0 Å². The third kappa shape index (κ3) is 4.20. The van der Waals surface area contributed by atoms with Crippen molar-refractivity contribution in [3.05, 3.63) is 0 Å². The molecule has 1 aliphatic heterocycles. The average molecular weight is 270 g/mol. The molecule has 19 heavy (non-hydrogen) atoms. The second-order valence-corrected chi connectivity index (χ2v) is 6.58. The molecule has 1 fully saturated rings. The predicted molar refractivity (Wildman–Crippen MR) is 69.3 cm³/mol. The van der Waals surface area contributed by atoms with Gasteiger partial charge < -0.3 is 14.6 Å². The quantitative estimate of drug-likeness (QED) is 0.704. The summed E-state index contributed by atoms with van der Waals surface area (Å²) in [6.07, 6.45) is 0.956. The number of carboxylic acid groups (broad SMARTS) is 1. The Labute approximate surface area is 114 Å². The molecule has 0 saturated carbocycles. The lowest BCUT2D eigenvalue weighted by molar-refractivity contribution is -0.305. The molecule has 5 nitrogen and oxygen atoms in total. The van der Waals surface area contributed by atoms with E-state index in [9.17, 15) is 14.7 Å². The Balaban J connectivity index is 2.60. The number of hydrogen-bond donors (Lipinski definition) is 0. The summed E-state index contributed by atoms with van der Waals surface area (Å²) in [6, 6.07) is 0. The summed E-state index contributed by atoms with van der Waals surface area (Å²) in [7, 11) is 2.08. The van der Waals surface area contributed by atoms with Gasteiger partial charge in [0.1, 0.15) is 6.10 Å². The largest absolute Gasteiger partial charge is 0.550 e. The summed E-state index contributed by atoms with van der Waals surface area (Å²) in [5.74, 6) is -1.67. The lowest BCUT2D eigenvalue weighted by Crippen LogP contribution is -2.60. The molecule has 110 valence electrons. The molecule has 1 rings (SSSR count). The van der Waals surface area contributed by atoms with Gasteiger partial charge in [-0.15, -0.1) is 0 Å². The molecule has 0 spiro atoms. The number of carbonyl (C=O) groups excluding carboxylic acids is 2. The summed E-state index contributed by atoms with van der Waals surface area (Å²) in [5, 5.41) is 10.3. The topological polar surface area (TPSA) is 69.7 Å². The zero-order chi connectivity index (χ0) is 14.8. The van der Waals surface area contributed by atoms with Gasteiger partial charge in [0.15, 0.2) is 0 Å². The zero-order valence-electron chi connectivity index (χ0n) is 12.5. The smallest absolute Gasteiger partial charge is 0.306 e. The highest BCUT2D eigenvalue weighted by molar-refractivity contribution is 5.75. The van der Waals surface area contributed by atoms with Gasteiger partial charge in [0, 0.05) is 29.9 Å². The Morgan fingerprint density at radius 3 is 2.05 bits per heavy atom. The van der Waals surface area contributed by atoms with Gasteiger partial charge in [-0.3, -0.25) is 9.69 Å². The highest BCUT2D eigenvalue weighted by Gasteiger charge is 2.44. The molecule has 0 radical (unpaired) electrons. The van der Waals surface area contributed by atoms with E-state index in [1.54, 1.807) is 0 Å². The van der Waals surface area contributed by atoms with E-state index in [0.29, 0.717) is 0 Å². The van der Waals surface area contributed by atoms with Crippen molar-refractivity contribution in [2.75, 3.05) is 7.05 Å². The first-order valence-corrected chi connectivity index (χ1v) is 6.68. The van der Waals surface area contributed by atoms with Crippen LogP contribution in [0.15, 0.2) is 0 Å². The van der Waals surface area contributed by atoms with Crippen LogP contribution in [0.2, 0.25) is 0 Å². The average Bonchev–Trinajstić information content (AvgIpc) is 2.22. The van der Waals surface area contributed by atoms with Gasteiger partial charge in [-0.25, -0.2) is 0 Å². The van der Waals surface area contributed by atoms with E-state index in [4.69, 9.17) is 4.74 Å². The molecule has 1 saturated heterocycles. The molecule has 0 aromatic carbocycles. The van der Waals surface area contributed by atoms with Gasteiger partial charge in [0.25, 0.3) is 0 Å². The Bertz CT molecular complexity index is 344. The molecule has 0 atom stereocenters. The molecule has 1 heterocycles. The van der Waals surface area contributed by atoms with Crippen LogP contribution in [0.25, 0.3) is 0 Å². The lowest BCUT2D eigenvalue weighted by atomic mass is 9.79. The molecule has 0 bridgehead atoms. The van der Waals surface area contributed by atoms with Crippen molar-refractivity contribution in [2.24, 2.45) is 0 Å². The minimum absolute atomic E-state index is 0.0545. The number of likely N-dealkylation sites (tertiary alicyclic amines) is 1. The van der Waals surface area contributed by atoms with E-state index < -0.39 is 11.9 Å². The van der Waals surface area contributed by atoms with E-state index in [-0.39, 0.29) is 30.0 Å². The Hall–Kier alpha value is -1.10. The summed E-state index contributed by atoms with van der Waals surface area (Å²) < 4.78 is 5.40. The third-order valence-corrected chi connectivity index (χ3v) is 4.10. The number of carbonyl (C=O) groups is 2. The predicted octanol–water partition coefficient (Wildman–Crippen LogP) is 0.711. The molecular weight excluding hydrogens is 246 g/mol. The van der Waals surface area contributed by atoms with Crippen molar-refractivity contribution in [3.8, 4) is 0 Å². The molecule has 0 aromatic heterocycles. The van der Waals surface area contributed by atoms with Crippen LogP contribution in [0.5, 0.6) is 0 Å². The Morgan fingerprint density at radius 2 is 1.63 bits per heavy atom. The van der Waals surface area contributed by atoms with E-state index in [2.05, 4.69) is 39.6 Å². The fraction of sp³-hybridized carbons (Fsp3) is 0.857. The number of hydrogen-bond acceptors (Lipinski definition) is 5. The van der Waals surface area contributed by atoms with Gasteiger partial charge >= 0.3 is 5.97 Å². The fourth-order valence-electron chi connectivity index (χ4n) is 2.81. The van der Waals surface area contributed by atoms with Crippen LogP contribution >= 0.6 is 0 Å². The maximum Gasteiger partial charge on any atom is 0.306 e. The van der Waals surface area contributed by atoms with Crippen LogP contribution in [0.1, 0.15) is 53.4 Å². The normalized spacial score (nSPS) is 23.0. The van der Waals surface area contributed by atoms with Crippen LogP contribution in [-0.4, -0.2) is 41.1 Å². The first-order valence-electron chi connectivity index (χ1n) is 6.68. The van der Waals surface area contributed by atoms with Crippen LogP contribution in [0.3, 0.4) is 0 Å². The van der Waals surface area contributed by atoms with Gasteiger partial charge in [-0.2, -0.15) is 0 Å². The van der Waals surface area contributed by atoms with Gasteiger partial charge in [0.2, 0.25) is 0 Å². The van der Waals surface area contributed by atoms with E-state index in [1.165, 1.54) is 0 Å². The number of carboxylic acids is 1. The van der Waals surface area contributed by atoms with Crippen molar-refractivity contribution in [1.29, 1.82) is 0 Å². The molecule has 0 N–H and O–H groups in total. The highest BCUT2D eigenvalue weighted by Crippen LogP contribution is 2.38. The van der Waals surface area contributed by atoms with Crippen molar-refractivity contribution in [3.63, 3.8) is 0 Å². The minimum atomic E-state index is -1.22. The van der Waals surface area contributed by atoms with Gasteiger partial charge in [-0.05, 0) is 41.2 Å². The summed E-state index contributed by atoms with van der Waals surface area (Å²) in [4.78, 5) is 24.2. The molecule has 0 aliphatic carbocycles. The van der Waals surface area contributed by atoms with E-state index >= 15 is 0 Å². The summed E-state index contributed by atoms with van der Waals surface area (Å²) >= 11 is 0. The van der Waals surface area contributed by atoms with E-state index in [1.807, 2.05) is 0 Å². The maximum atomic E-state index is 11.6. The third-order valence-electron chi connectivity index (χ3n) is 4.10. The van der Waals surface area contributed by atoms with Crippen LogP contribution < -0.4 is 5.11 Å². The number of ether oxygens (including phenoxy) is 1. The molecule has 0 amide bonds. The van der Waals surface area contributed by atoms with Crippen molar-refractivity contribution in [1.82, 2.24) is 4.90 Å². The Kier molecular flexibility index (Phi) is 4.61. The first kappa shape index (κ1) is 16.0.